The molecule has 2 N–H and O–H groups in total. The highest BCUT2D eigenvalue weighted by molar-refractivity contribution is 9.10. The first-order valence-corrected chi connectivity index (χ1v) is 5.45. The third-order valence-electron chi connectivity index (χ3n) is 2.27. The molecule has 1 heterocycles. The molecule has 15 heavy (non-hydrogen) atoms. The molecule has 0 fully saturated rings. The Balaban J connectivity index is 2.45. The van der Waals surface area contributed by atoms with E-state index in [1.54, 1.807) is 0 Å². The van der Waals surface area contributed by atoms with E-state index in [2.05, 4.69) is 20.9 Å². The molecule has 0 saturated heterocycles. The van der Waals surface area contributed by atoms with Gasteiger partial charge in [0.25, 0.3) is 0 Å². The number of nitrogen functional groups attached to an aromatic ring is 1. The summed E-state index contributed by atoms with van der Waals surface area (Å²) in [5.41, 5.74) is 9.38. The van der Waals surface area contributed by atoms with Gasteiger partial charge in [0.15, 0.2) is 0 Å². The minimum Gasteiger partial charge on any atom is -0.397 e. The zero-order chi connectivity index (χ0) is 10.8. The molecular formula is C12H11BrN2. The fourth-order valence-electron chi connectivity index (χ4n) is 1.35. The van der Waals surface area contributed by atoms with E-state index in [1.807, 2.05) is 43.3 Å². The molecule has 1 aromatic carbocycles. The van der Waals surface area contributed by atoms with Crippen molar-refractivity contribution in [2.75, 3.05) is 5.73 Å². The van der Waals surface area contributed by atoms with Gasteiger partial charge in [0, 0.05) is 10.0 Å². The second kappa shape index (κ2) is 4.03. The van der Waals surface area contributed by atoms with Crippen molar-refractivity contribution >= 4 is 21.6 Å². The van der Waals surface area contributed by atoms with Gasteiger partial charge in [-0.25, -0.2) is 0 Å². The molecule has 0 saturated carbocycles. The zero-order valence-corrected chi connectivity index (χ0v) is 9.95. The Morgan fingerprint density at radius 1 is 1.07 bits per heavy atom. The van der Waals surface area contributed by atoms with Crippen molar-refractivity contribution in [1.82, 2.24) is 4.98 Å². The lowest BCUT2D eigenvalue weighted by Gasteiger charge is -2.04. The number of halogens is 1. The first-order valence-electron chi connectivity index (χ1n) is 4.66. The summed E-state index contributed by atoms with van der Waals surface area (Å²) in [6.45, 7) is 1.91. The maximum atomic E-state index is 5.72. The molecule has 0 bridgehead atoms. The van der Waals surface area contributed by atoms with Gasteiger partial charge in [0.05, 0.1) is 17.1 Å². The summed E-state index contributed by atoms with van der Waals surface area (Å²) in [5, 5.41) is 0. The summed E-state index contributed by atoms with van der Waals surface area (Å²) in [6.07, 6.45) is 0. The van der Waals surface area contributed by atoms with Crippen LogP contribution in [0.15, 0.2) is 40.9 Å². The zero-order valence-electron chi connectivity index (χ0n) is 8.37. The Morgan fingerprint density at radius 2 is 1.73 bits per heavy atom. The van der Waals surface area contributed by atoms with Crippen molar-refractivity contribution in [3.63, 3.8) is 0 Å². The summed E-state index contributed by atoms with van der Waals surface area (Å²) in [6, 6.07) is 11.9. The van der Waals surface area contributed by atoms with Gasteiger partial charge in [-0.3, -0.25) is 4.98 Å². The molecule has 76 valence electrons. The molecule has 2 rings (SSSR count). The quantitative estimate of drug-likeness (QED) is 0.856. The van der Waals surface area contributed by atoms with Crippen LogP contribution in [-0.2, 0) is 0 Å². The van der Waals surface area contributed by atoms with Gasteiger partial charge in [-0.15, -0.1) is 0 Å². The lowest BCUT2D eigenvalue weighted by molar-refractivity contribution is 1.21. The van der Waals surface area contributed by atoms with Crippen LogP contribution in [0, 0.1) is 6.92 Å². The number of pyridine rings is 1. The average Bonchev–Trinajstić information content (AvgIpc) is 2.23. The van der Waals surface area contributed by atoms with Gasteiger partial charge in [-0.1, -0.05) is 28.1 Å². The van der Waals surface area contributed by atoms with Gasteiger partial charge in [0.1, 0.15) is 0 Å². The van der Waals surface area contributed by atoms with Crippen LogP contribution in [0.4, 0.5) is 5.69 Å². The molecular weight excluding hydrogens is 252 g/mol. The maximum Gasteiger partial charge on any atom is 0.0706 e. The SMILES string of the molecule is Cc1nc(-c2ccc(Br)cc2)ccc1N. The van der Waals surface area contributed by atoms with Gasteiger partial charge in [0.2, 0.25) is 0 Å². The molecule has 3 heteroatoms. The van der Waals surface area contributed by atoms with E-state index in [0.717, 1.165) is 27.1 Å². The second-order valence-corrected chi connectivity index (χ2v) is 4.29. The molecule has 2 nitrogen and oxygen atoms in total. The van der Waals surface area contributed by atoms with E-state index >= 15 is 0 Å². The highest BCUT2D eigenvalue weighted by Gasteiger charge is 2.01. The largest absolute Gasteiger partial charge is 0.397 e. The number of anilines is 1. The Kier molecular flexibility index (Phi) is 2.73. The first kappa shape index (κ1) is 10.2. The monoisotopic (exact) mass is 262 g/mol. The fourth-order valence-corrected chi connectivity index (χ4v) is 1.62. The van der Waals surface area contributed by atoms with E-state index in [0.29, 0.717) is 0 Å². The Morgan fingerprint density at radius 3 is 2.33 bits per heavy atom. The third-order valence-corrected chi connectivity index (χ3v) is 2.80. The Hall–Kier alpha value is -1.35. The second-order valence-electron chi connectivity index (χ2n) is 3.38. The third kappa shape index (κ3) is 2.18. The number of aryl methyl sites for hydroxylation is 1. The van der Waals surface area contributed by atoms with E-state index in [9.17, 15) is 0 Å². The minimum atomic E-state index is 0.732. The van der Waals surface area contributed by atoms with Crippen LogP contribution < -0.4 is 5.73 Å². The molecule has 1 aromatic heterocycles. The first-order chi connectivity index (χ1) is 7.16. The molecule has 0 radical (unpaired) electrons. The van der Waals surface area contributed by atoms with Gasteiger partial charge in [-0.2, -0.15) is 0 Å². The maximum absolute atomic E-state index is 5.72. The van der Waals surface area contributed by atoms with Crippen LogP contribution in [-0.4, -0.2) is 4.98 Å². The number of hydrogen-bond donors (Lipinski definition) is 1. The van der Waals surface area contributed by atoms with Crippen molar-refractivity contribution in [3.8, 4) is 11.3 Å². The smallest absolute Gasteiger partial charge is 0.0706 e. The molecule has 0 aliphatic rings. The highest BCUT2D eigenvalue weighted by atomic mass is 79.9. The van der Waals surface area contributed by atoms with Crippen molar-refractivity contribution in [3.05, 3.63) is 46.6 Å². The van der Waals surface area contributed by atoms with Crippen LogP contribution in [0.5, 0.6) is 0 Å². The van der Waals surface area contributed by atoms with Crippen LogP contribution in [0.3, 0.4) is 0 Å². The highest BCUT2D eigenvalue weighted by Crippen LogP contribution is 2.21. The topological polar surface area (TPSA) is 38.9 Å². The number of benzene rings is 1. The van der Waals surface area contributed by atoms with Crippen LogP contribution in [0.1, 0.15) is 5.69 Å². The molecule has 2 aromatic rings. The molecule has 0 amide bonds. The van der Waals surface area contributed by atoms with Crippen molar-refractivity contribution < 1.29 is 0 Å². The predicted molar refractivity (Wildman–Crippen MR) is 66.5 cm³/mol. The summed E-state index contributed by atoms with van der Waals surface area (Å²) in [7, 11) is 0. The van der Waals surface area contributed by atoms with E-state index < -0.39 is 0 Å². The summed E-state index contributed by atoms with van der Waals surface area (Å²) in [5.74, 6) is 0. The molecule has 0 spiro atoms. The average molecular weight is 263 g/mol. The molecule has 0 unspecified atom stereocenters. The number of nitrogens with two attached hydrogens (primary N) is 1. The Bertz CT molecular complexity index is 477. The van der Waals surface area contributed by atoms with Crippen molar-refractivity contribution in [1.29, 1.82) is 0 Å². The number of aromatic nitrogens is 1. The Labute approximate surface area is 97.3 Å². The summed E-state index contributed by atoms with van der Waals surface area (Å²) >= 11 is 3.40. The van der Waals surface area contributed by atoms with Gasteiger partial charge in [-0.05, 0) is 31.2 Å². The van der Waals surface area contributed by atoms with Crippen molar-refractivity contribution in [2.24, 2.45) is 0 Å². The van der Waals surface area contributed by atoms with Crippen molar-refractivity contribution in [2.45, 2.75) is 6.92 Å². The normalized spacial score (nSPS) is 10.3. The van der Waals surface area contributed by atoms with Gasteiger partial charge < -0.3 is 5.73 Å². The van der Waals surface area contributed by atoms with Crippen LogP contribution in [0.2, 0.25) is 0 Å². The number of hydrogen-bond acceptors (Lipinski definition) is 2. The number of rotatable bonds is 1. The fraction of sp³-hybridized carbons (Fsp3) is 0.0833. The van der Waals surface area contributed by atoms with E-state index in [1.165, 1.54) is 0 Å². The molecule has 0 atom stereocenters. The minimum absolute atomic E-state index is 0.732. The van der Waals surface area contributed by atoms with Gasteiger partial charge >= 0.3 is 0 Å². The van der Waals surface area contributed by atoms with Crippen LogP contribution in [0.25, 0.3) is 11.3 Å². The summed E-state index contributed by atoms with van der Waals surface area (Å²) < 4.78 is 1.07. The lowest BCUT2D eigenvalue weighted by Crippen LogP contribution is -1.94. The lowest BCUT2D eigenvalue weighted by atomic mass is 10.1. The van der Waals surface area contributed by atoms with Crippen LogP contribution >= 0.6 is 15.9 Å². The molecule has 0 aliphatic carbocycles. The summed E-state index contributed by atoms with van der Waals surface area (Å²) in [4.78, 5) is 4.43. The van der Waals surface area contributed by atoms with E-state index in [4.69, 9.17) is 5.73 Å². The molecule has 0 aliphatic heterocycles. The van der Waals surface area contributed by atoms with E-state index in [-0.39, 0.29) is 0 Å². The standard InChI is InChI=1S/C12H11BrN2/c1-8-11(14)6-7-12(15-8)9-2-4-10(13)5-3-9/h2-7H,14H2,1H3. The predicted octanol–water partition coefficient (Wildman–Crippen LogP) is 3.40. The number of nitrogens with zero attached hydrogens (tertiary/aromatic N) is 1.